The molecule has 1 N–H and O–H groups in total. The first-order valence-corrected chi connectivity index (χ1v) is 9.58. The van der Waals surface area contributed by atoms with E-state index >= 15 is 0 Å². The monoisotopic (exact) mass is 408 g/mol. The van der Waals surface area contributed by atoms with Crippen molar-refractivity contribution >= 4 is 23.4 Å². The third-order valence-corrected chi connectivity index (χ3v) is 4.71. The van der Waals surface area contributed by atoms with E-state index in [9.17, 15) is 9.18 Å². The zero-order chi connectivity index (χ0) is 20.8. The van der Waals surface area contributed by atoms with E-state index in [1.807, 2.05) is 24.3 Å². The molecule has 1 aromatic carbocycles. The molecule has 0 atom stereocenters. The average molecular weight is 408 g/mol. The quantitative estimate of drug-likeness (QED) is 0.671. The van der Waals surface area contributed by atoms with Gasteiger partial charge in [-0.3, -0.25) is 4.79 Å². The van der Waals surface area contributed by atoms with Gasteiger partial charge < -0.3 is 19.9 Å². The van der Waals surface area contributed by atoms with E-state index in [1.54, 1.807) is 11.1 Å². The second-order valence-corrected chi connectivity index (χ2v) is 6.71. The molecule has 3 aromatic rings. The zero-order valence-corrected chi connectivity index (χ0v) is 16.2. The maximum Gasteiger partial charge on any atom is 0.260 e. The van der Waals surface area contributed by atoms with E-state index < -0.39 is 0 Å². The molecule has 1 saturated heterocycles. The van der Waals surface area contributed by atoms with Crippen LogP contribution < -0.4 is 15.0 Å². The molecule has 1 amide bonds. The maximum atomic E-state index is 12.9. The van der Waals surface area contributed by atoms with Gasteiger partial charge in [0.15, 0.2) is 6.61 Å². The Hall–Kier alpha value is -3.75. The Morgan fingerprint density at radius 3 is 2.53 bits per heavy atom. The third kappa shape index (κ3) is 4.99. The number of nitrogens with zero attached hydrogens (tertiary/aromatic N) is 5. The first kappa shape index (κ1) is 19.6. The van der Waals surface area contributed by atoms with Gasteiger partial charge in [0.25, 0.3) is 5.91 Å². The van der Waals surface area contributed by atoms with Gasteiger partial charge in [-0.25, -0.2) is 19.3 Å². The van der Waals surface area contributed by atoms with Crippen molar-refractivity contribution < 1.29 is 13.9 Å². The van der Waals surface area contributed by atoms with Crippen LogP contribution in [0.4, 0.5) is 21.8 Å². The molecule has 8 nitrogen and oxygen atoms in total. The topological polar surface area (TPSA) is 83.5 Å². The van der Waals surface area contributed by atoms with Crippen LogP contribution in [0.3, 0.4) is 0 Å². The fourth-order valence-corrected chi connectivity index (χ4v) is 3.11. The van der Waals surface area contributed by atoms with Crippen LogP contribution in [0.15, 0.2) is 61.1 Å². The highest BCUT2D eigenvalue weighted by Crippen LogP contribution is 2.19. The molecule has 0 unspecified atom stereocenters. The SMILES string of the molecule is O=C(COc1ccc(F)cc1)N1CCN(c2cc(Nc3ccccn3)ncn2)CC1. The van der Waals surface area contributed by atoms with Gasteiger partial charge in [0.1, 0.15) is 35.3 Å². The van der Waals surface area contributed by atoms with Gasteiger partial charge >= 0.3 is 0 Å². The van der Waals surface area contributed by atoms with E-state index in [-0.39, 0.29) is 18.3 Å². The van der Waals surface area contributed by atoms with E-state index in [0.717, 1.165) is 5.82 Å². The van der Waals surface area contributed by atoms with Gasteiger partial charge in [-0.05, 0) is 36.4 Å². The van der Waals surface area contributed by atoms with Crippen LogP contribution in [0.5, 0.6) is 5.75 Å². The minimum absolute atomic E-state index is 0.0721. The minimum Gasteiger partial charge on any atom is -0.484 e. The van der Waals surface area contributed by atoms with Crippen LogP contribution in [0.25, 0.3) is 0 Å². The number of benzene rings is 1. The highest BCUT2D eigenvalue weighted by molar-refractivity contribution is 5.78. The molecule has 1 aliphatic heterocycles. The fraction of sp³-hybridized carbons (Fsp3) is 0.238. The Balaban J connectivity index is 1.29. The summed E-state index contributed by atoms with van der Waals surface area (Å²) >= 11 is 0. The summed E-state index contributed by atoms with van der Waals surface area (Å²) in [6, 6.07) is 13.1. The van der Waals surface area contributed by atoms with Crippen LogP contribution in [0.2, 0.25) is 0 Å². The second kappa shape index (κ2) is 9.17. The number of hydrogen-bond acceptors (Lipinski definition) is 7. The van der Waals surface area contributed by atoms with Crippen molar-refractivity contribution in [3.8, 4) is 5.75 Å². The summed E-state index contributed by atoms with van der Waals surface area (Å²) in [6.45, 7) is 2.37. The molecular weight excluding hydrogens is 387 g/mol. The number of carbonyl (C=O) groups is 1. The molecule has 0 spiro atoms. The Kier molecular flexibility index (Phi) is 5.98. The van der Waals surface area contributed by atoms with Crippen LogP contribution in [0, 0.1) is 5.82 Å². The van der Waals surface area contributed by atoms with E-state index in [0.29, 0.717) is 43.6 Å². The lowest BCUT2D eigenvalue weighted by Crippen LogP contribution is -2.50. The number of carbonyl (C=O) groups excluding carboxylic acids is 1. The number of amides is 1. The number of aromatic nitrogens is 3. The van der Waals surface area contributed by atoms with Crippen molar-refractivity contribution in [3.05, 3.63) is 66.9 Å². The number of rotatable bonds is 6. The molecule has 0 aliphatic carbocycles. The summed E-state index contributed by atoms with van der Waals surface area (Å²) in [7, 11) is 0. The first-order valence-electron chi connectivity index (χ1n) is 9.58. The zero-order valence-electron chi connectivity index (χ0n) is 16.2. The normalized spacial score (nSPS) is 13.8. The van der Waals surface area contributed by atoms with Gasteiger partial charge in [0.05, 0.1) is 0 Å². The average Bonchev–Trinajstić information content (AvgIpc) is 2.79. The molecule has 1 aliphatic rings. The number of hydrogen-bond donors (Lipinski definition) is 1. The minimum atomic E-state index is -0.340. The number of anilines is 3. The van der Waals surface area contributed by atoms with Gasteiger partial charge in [0.2, 0.25) is 0 Å². The molecular formula is C21H21FN6O2. The van der Waals surface area contributed by atoms with Gasteiger partial charge in [-0.2, -0.15) is 0 Å². The predicted molar refractivity (Wildman–Crippen MR) is 110 cm³/mol. The van der Waals surface area contributed by atoms with Crippen molar-refractivity contribution in [1.29, 1.82) is 0 Å². The standard InChI is InChI=1S/C21H21FN6O2/c22-16-4-6-17(7-5-16)30-14-21(29)28-11-9-27(10-12-28)20-13-19(24-15-25-20)26-18-3-1-2-8-23-18/h1-8,13,15H,9-12,14H2,(H,23,24,25,26). The molecule has 154 valence electrons. The third-order valence-electron chi connectivity index (χ3n) is 4.71. The van der Waals surface area contributed by atoms with Crippen molar-refractivity contribution in [1.82, 2.24) is 19.9 Å². The lowest BCUT2D eigenvalue weighted by molar-refractivity contribution is -0.133. The molecule has 0 saturated carbocycles. The Bertz CT molecular complexity index is 978. The number of ether oxygens (including phenoxy) is 1. The maximum absolute atomic E-state index is 12.9. The van der Waals surface area contributed by atoms with Gasteiger partial charge in [-0.15, -0.1) is 0 Å². The Morgan fingerprint density at radius 1 is 1.00 bits per heavy atom. The second-order valence-electron chi connectivity index (χ2n) is 6.71. The molecule has 9 heteroatoms. The van der Waals surface area contributed by atoms with Crippen LogP contribution in [-0.2, 0) is 4.79 Å². The number of halogens is 1. The highest BCUT2D eigenvalue weighted by Gasteiger charge is 2.22. The van der Waals surface area contributed by atoms with Crippen LogP contribution in [-0.4, -0.2) is 58.5 Å². The summed E-state index contributed by atoms with van der Waals surface area (Å²) < 4.78 is 18.4. The smallest absolute Gasteiger partial charge is 0.260 e. The van der Waals surface area contributed by atoms with Crippen LogP contribution >= 0.6 is 0 Å². The summed E-state index contributed by atoms with van der Waals surface area (Å²) in [5.74, 6) is 2.19. The molecule has 4 rings (SSSR count). The first-order chi connectivity index (χ1) is 14.7. The van der Waals surface area contributed by atoms with Gasteiger partial charge in [0, 0.05) is 38.4 Å². The number of nitrogens with one attached hydrogen (secondary N) is 1. The summed E-state index contributed by atoms with van der Waals surface area (Å²) in [5.41, 5.74) is 0. The van der Waals surface area contributed by atoms with Crippen molar-refractivity contribution in [3.63, 3.8) is 0 Å². The lowest BCUT2D eigenvalue weighted by atomic mass is 10.3. The molecule has 30 heavy (non-hydrogen) atoms. The molecule has 2 aromatic heterocycles. The summed E-state index contributed by atoms with van der Waals surface area (Å²) in [4.78, 5) is 29.1. The van der Waals surface area contributed by atoms with E-state index in [1.165, 1.54) is 30.6 Å². The van der Waals surface area contributed by atoms with Crippen molar-refractivity contribution in [2.75, 3.05) is 43.0 Å². The highest BCUT2D eigenvalue weighted by atomic mass is 19.1. The largest absolute Gasteiger partial charge is 0.484 e. The fourth-order valence-electron chi connectivity index (χ4n) is 3.11. The number of piperazine rings is 1. The van der Waals surface area contributed by atoms with Crippen molar-refractivity contribution in [2.24, 2.45) is 0 Å². The molecule has 1 fully saturated rings. The summed E-state index contributed by atoms with van der Waals surface area (Å²) in [5, 5.41) is 3.15. The van der Waals surface area contributed by atoms with E-state index in [4.69, 9.17) is 4.74 Å². The van der Waals surface area contributed by atoms with Gasteiger partial charge in [-0.1, -0.05) is 6.07 Å². The molecule has 0 bridgehead atoms. The number of pyridine rings is 1. The predicted octanol–water partition coefficient (Wildman–Crippen LogP) is 2.48. The van der Waals surface area contributed by atoms with Crippen molar-refractivity contribution in [2.45, 2.75) is 0 Å². The van der Waals surface area contributed by atoms with Crippen LogP contribution in [0.1, 0.15) is 0 Å². The molecule has 3 heterocycles. The summed E-state index contributed by atoms with van der Waals surface area (Å²) in [6.07, 6.45) is 3.22. The Morgan fingerprint density at radius 2 is 1.80 bits per heavy atom. The Labute approximate surface area is 173 Å². The molecule has 0 radical (unpaired) electrons. The lowest BCUT2D eigenvalue weighted by Gasteiger charge is -2.35. The van der Waals surface area contributed by atoms with E-state index in [2.05, 4.69) is 25.2 Å².